The molecule has 0 aliphatic carbocycles. The predicted octanol–water partition coefficient (Wildman–Crippen LogP) is 4.16. The minimum Gasteiger partial charge on any atom is -0.494 e. The van der Waals surface area contributed by atoms with Gasteiger partial charge in [-0.15, -0.1) is 0 Å². The molecule has 2 amide bonds. The third-order valence-corrected chi connectivity index (χ3v) is 7.37. The quantitative estimate of drug-likeness (QED) is 0.315. The summed E-state index contributed by atoms with van der Waals surface area (Å²) < 4.78 is 46.9. The Bertz CT molecular complexity index is 1370. The summed E-state index contributed by atoms with van der Waals surface area (Å²) in [6.45, 7) is 3.80. The topological polar surface area (TPSA) is 96.0 Å². The molecule has 3 rings (SSSR count). The first kappa shape index (κ1) is 30.6. The Labute approximate surface area is 235 Å². The van der Waals surface area contributed by atoms with Gasteiger partial charge in [-0.25, -0.2) is 12.8 Å². The second kappa shape index (κ2) is 14.5. The van der Waals surface area contributed by atoms with Crippen LogP contribution in [0.5, 0.6) is 5.75 Å². The highest BCUT2D eigenvalue weighted by Crippen LogP contribution is 2.23. The van der Waals surface area contributed by atoms with Crippen molar-refractivity contribution in [2.24, 2.45) is 0 Å². The van der Waals surface area contributed by atoms with E-state index < -0.39 is 40.2 Å². The minimum absolute atomic E-state index is 0.165. The monoisotopic (exact) mass is 569 g/mol. The summed E-state index contributed by atoms with van der Waals surface area (Å²) in [5.74, 6) is -1.01. The van der Waals surface area contributed by atoms with E-state index in [0.29, 0.717) is 25.3 Å². The zero-order chi connectivity index (χ0) is 29.1. The number of amides is 2. The van der Waals surface area contributed by atoms with Crippen molar-refractivity contribution in [1.29, 1.82) is 0 Å². The lowest BCUT2D eigenvalue weighted by Gasteiger charge is -2.33. The number of benzene rings is 3. The summed E-state index contributed by atoms with van der Waals surface area (Å²) in [6.07, 6.45) is 1.86. The number of nitrogens with zero attached hydrogens (tertiary/aromatic N) is 2. The van der Waals surface area contributed by atoms with Gasteiger partial charge in [-0.2, -0.15) is 0 Å². The molecule has 1 N–H and O–H groups in total. The van der Waals surface area contributed by atoms with E-state index in [2.05, 4.69) is 5.32 Å². The predicted molar refractivity (Wildman–Crippen MR) is 154 cm³/mol. The van der Waals surface area contributed by atoms with Gasteiger partial charge in [-0.1, -0.05) is 55.5 Å². The molecule has 0 aliphatic heterocycles. The van der Waals surface area contributed by atoms with E-state index in [1.807, 2.05) is 44.2 Å². The number of sulfonamides is 1. The Morgan fingerprint density at radius 2 is 1.60 bits per heavy atom. The van der Waals surface area contributed by atoms with Crippen LogP contribution in [0.25, 0.3) is 0 Å². The fraction of sp³-hybridized carbons (Fsp3) is 0.333. The van der Waals surface area contributed by atoms with Crippen LogP contribution in [0, 0.1) is 5.82 Å². The summed E-state index contributed by atoms with van der Waals surface area (Å²) in [5, 5.41) is 2.85. The van der Waals surface area contributed by atoms with Gasteiger partial charge in [0.15, 0.2) is 0 Å². The largest absolute Gasteiger partial charge is 0.494 e. The van der Waals surface area contributed by atoms with Crippen molar-refractivity contribution in [2.45, 2.75) is 39.3 Å². The van der Waals surface area contributed by atoms with E-state index >= 15 is 0 Å². The summed E-state index contributed by atoms with van der Waals surface area (Å²) in [6, 6.07) is 20.5. The third-order valence-electron chi connectivity index (χ3n) is 6.23. The van der Waals surface area contributed by atoms with Crippen molar-refractivity contribution in [3.8, 4) is 5.75 Å². The van der Waals surface area contributed by atoms with Crippen molar-refractivity contribution >= 4 is 27.5 Å². The number of anilines is 1. The molecule has 214 valence electrons. The van der Waals surface area contributed by atoms with Gasteiger partial charge in [0, 0.05) is 25.1 Å². The summed E-state index contributed by atoms with van der Waals surface area (Å²) >= 11 is 0. The molecule has 0 radical (unpaired) electrons. The molecule has 0 saturated carbocycles. The Hall–Kier alpha value is -3.92. The lowest BCUT2D eigenvalue weighted by Crippen LogP contribution is -2.53. The maximum Gasteiger partial charge on any atom is 0.244 e. The van der Waals surface area contributed by atoms with Crippen LogP contribution in [-0.4, -0.2) is 57.1 Å². The molecule has 0 aromatic heterocycles. The Kier molecular flexibility index (Phi) is 11.1. The van der Waals surface area contributed by atoms with Crippen molar-refractivity contribution in [1.82, 2.24) is 10.2 Å². The molecule has 1 atom stereocenters. The van der Waals surface area contributed by atoms with Crippen LogP contribution >= 0.6 is 0 Å². The first-order valence-corrected chi connectivity index (χ1v) is 15.0. The van der Waals surface area contributed by atoms with E-state index in [-0.39, 0.29) is 24.2 Å². The van der Waals surface area contributed by atoms with Gasteiger partial charge in [0.1, 0.15) is 24.2 Å². The smallest absolute Gasteiger partial charge is 0.244 e. The first-order valence-electron chi connectivity index (χ1n) is 13.2. The highest BCUT2D eigenvalue weighted by atomic mass is 32.2. The number of carbonyl (C=O) groups is 2. The highest BCUT2D eigenvalue weighted by Gasteiger charge is 2.33. The first-order chi connectivity index (χ1) is 19.1. The van der Waals surface area contributed by atoms with E-state index in [1.165, 1.54) is 17.0 Å². The molecule has 1 unspecified atom stereocenters. The number of hydrogen-bond donors (Lipinski definition) is 1. The lowest BCUT2D eigenvalue weighted by molar-refractivity contribution is -0.140. The average Bonchev–Trinajstić information content (AvgIpc) is 2.93. The molecule has 3 aromatic carbocycles. The molecular formula is C30H36FN3O5S. The van der Waals surface area contributed by atoms with E-state index in [4.69, 9.17) is 4.74 Å². The molecule has 3 aromatic rings. The number of hydrogen-bond acceptors (Lipinski definition) is 5. The highest BCUT2D eigenvalue weighted by molar-refractivity contribution is 7.92. The van der Waals surface area contributed by atoms with E-state index in [9.17, 15) is 22.4 Å². The van der Waals surface area contributed by atoms with Gasteiger partial charge < -0.3 is 15.0 Å². The van der Waals surface area contributed by atoms with Crippen molar-refractivity contribution in [3.63, 3.8) is 0 Å². The second-order valence-corrected chi connectivity index (χ2v) is 11.2. The molecule has 0 bridgehead atoms. The molecule has 0 spiro atoms. The maximum absolute atomic E-state index is 14.8. The number of rotatable bonds is 14. The van der Waals surface area contributed by atoms with Crippen LogP contribution < -0.4 is 14.4 Å². The number of ether oxygens (including phenoxy) is 1. The van der Waals surface area contributed by atoms with Crippen LogP contribution in [0.3, 0.4) is 0 Å². The fourth-order valence-corrected chi connectivity index (χ4v) is 5.07. The average molecular weight is 570 g/mol. The maximum atomic E-state index is 14.8. The van der Waals surface area contributed by atoms with Gasteiger partial charge in [0.05, 0.1) is 18.6 Å². The molecule has 0 aliphatic rings. The molecule has 8 nitrogen and oxygen atoms in total. The number of halogens is 1. The molecule has 40 heavy (non-hydrogen) atoms. The lowest BCUT2D eigenvalue weighted by atomic mass is 10.0. The summed E-state index contributed by atoms with van der Waals surface area (Å²) in [4.78, 5) is 28.7. The van der Waals surface area contributed by atoms with Crippen molar-refractivity contribution < 1.29 is 27.1 Å². The minimum atomic E-state index is -3.90. The SMILES string of the molecule is CCCNC(=O)C(Cc1ccccc1)N(Cc1ccccc1F)C(=O)CN(c1ccc(OCC)cc1)S(C)(=O)=O. The zero-order valence-corrected chi connectivity index (χ0v) is 23.9. The Morgan fingerprint density at radius 1 is 0.950 bits per heavy atom. The van der Waals surface area contributed by atoms with Crippen molar-refractivity contribution in [3.05, 3.63) is 95.8 Å². The van der Waals surface area contributed by atoms with Gasteiger partial charge >= 0.3 is 0 Å². The van der Waals surface area contributed by atoms with Gasteiger partial charge in [0.25, 0.3) is 0 Å². The Balaban J connectivity index is 2.03. The molecule has 10 heteroatoms. The van der Waals surface area contributed by atoms with E-state index in [1.54, 1.807) is 36.4 Å². The van der Waals surface area contributed by atoms with Gasteiger partial charge in [0.2, 0.25) is 21.8 Å². The third kappa shape index (κ3) is 8.54. The normalized spacial score (nSPS) is 11.9. The standard InChI is InChI=1S/C30H36FN3O5S/c1-4-19-32-30(36)28(20-23-11-7-6-8-12-23)33(21-24-13-9-10-14-27(24)31)29(35)22-34(40(3,37)38)25-15-17-26(18-16-25)39-5-2/h6-18,28H,4-5,19-22H2,1-3H3,(H,32,36). The van der Waals surface area contributed by atoms with Crippen LogP contribution in [0.2, 0.25) is 0 Å². The van der Waals surface area contributed by atoms with Gasteiger partial charge in [-0.3, -0.25) is 13.9 Å². The molecule has 0 saturated heterocycles. The van der Waals surface area contributed by atoms with Crippen LogP contribution in [0.15, 0.2) is 78.9 Å². The summed E-state index contributed by atoms with van der Waals surface area (Å²) in [7, 11) is -3.90. The van der Waals surface area contributed by atoms with E-state index in [0.717, 1.165) is 16.1 Å². The van der Waals surface area contributed by atoms with Crippen LogP contribution in [-0.2, 0) is 32.6 Å². The van der Waals surface area contributed by atoms with Crippen molar-refractivity contribution in [2.75, 3.05) is 30.3 Å². The Morgan fingerprint density at radius 3 is 2.20 bits per heavy atom. The number of carbonyl (C=O) groups excluding carboxylic acids is 2. The van der Waals surface area contributed by atoms with Crippen LogP contribution in [0.4, 0.5) is 10.1 Å². The molecular weight excluding hydrogens is 533 g/mol. The second-order valence-electron chi connectivity index (χ2n) is 9.31. The van der Waals surface area contributed by atoms with Gasteiger partial charge in [-0.05, 0) is 49.2 Å². The van der Waals surface area contributed by atoms with Crippen LogP contribution in [0.1, 0.15) is 31.4 Å². The fourth-order valence-electron chi connectivity index (χ4n) is 4.22. The molecule has 0 fully saturated rings. The zero-order valence-electron chi connectivity index (χ0n) is 23.0. The number of nitrogens with one attached hydrogen (secondary N) is 1. The molecule has 0 heterocycles. The summed E-state index contributed by atoms with van der Waals surface area (Å²) in [5.41, 5.74) is 1.28.